The Morgan fingerprint density at radius 3 is 2.75 bits per heavy atom. The Bertz CT molecular complexity index is 459. The molecule has 86 valence electrons. The normalized spacial score (nSPS) is 10.9. The third kappa shape index (κ3) is 2.97. The van der Waals surface area contributed by atoms with Crippen LogP contribution in [0.1, 0.15) is 16.2 Å². The molecule has 2 heterocycles. The molecule has 1 N–H and O–H groups in total. The third-order valence-corrected chi connectivity index (χ3v) is 4.98. The fraction of sp³-hybridized carbons (Fsp3) is 0.273. The van der Waals surface area contributed by atoms with Crippen molar-refractivity contribution in [2.75, 3.05) is 0 Å². The van der Waals surface area contributed by atoms with E-state index < -0.39 is 0 Å². The zero-order valence-electron chi connectivity index (χ0n) is 8.72. The lowest BCUT2D eigenvalue weighted by atomic mass is 10.3. The van der Waals surface area contributed by atoms with Gasteiger partial charge in [-0.05, 0) is 61.9 Å². The molecule has 0 bridgehead atoms. The van der Waals surface area contributed by atoms with Crippen molar-refractivity contribution < 1.29 is 4.42 Å². The second-order valence-corrected chi connectivity index (χ2v) is 6.04. The molecule has 0 saturated heterocycles. The van der Waals surface area contributed by atoms with E-state index in [9.17, 15) is 0 Å². The summed E-state index contributed by atoms with van der Waals surface area (Å²) >= 11 is 8.49. The maximum Gasteiger partial charge on any atom is 0.183 e. The summed E-state index contributed by atoms with van der Waals surface area (Å²) in [6.07, 6.45) is 0. The van der Waals surface area contributed by atoms with E-state index >= 15 is 0 Å². The number of halogens is 2. The number of hydrogen-bond donors (Lipinski definition) is 1. The summed E-state index contributed by atoms with van der Waals surface area (Å²) < 4.78 is 7.18. The third-order valence-electron chi connectivity index (χ3n) is 2.25. The first-order valence-electron chi connectivity index (χ1n) is 4.84. The summed E-state index contributed by atoms with van der Waals surface area (Å²) in [7, 11) is 0. The van der Waals surface area contributed by atoms with Gasteiger partial charge in [0.1, 0.15) is 5.76 Å². The number of hydrogen-bond acceptors (Lipinski definition) is 3. The Morgan fingerprint density at radius 1 is 1.38 bits per heavy atom. The van der Waals surface area contributed by atoms with Crippen molar-refractivity contribution in [3.63, 3.8) is 0 Å². The molecule has 2 nitrogen and oxygen atoms in total. The summed E-state index contributed by atoms with van der Waals surface area (Å²) in [4.78, 5) is 1.38. The van der Waals surface area contributed by atoms with Crippen LogP contribution in [0, 0.1) is 6.92 Å². The molecule has 0 atom stereocenters. The van der Waals surface area contributed by atoms with Crippen LogP contribution in [0.25, 0.3) is 0 Å². The van der Waals surface area contributed by atoms with Crippen LogP contribution in [0.5, 0.6) is 0 Å². The van der Waals surface area contributed by atoms with Crippen molar-refractivity contribution in [2.45, 2.75) is 20.0 Å². The fourth-order valence-corrected chi connectivity index (χ4v) is 2.90. The summed E-state index contributed by atoms with van der Waals surface area (Å²) in [6.45, 7) is 3.76. The fourth-order valence-electron chi connectivity index (χ4n) is 1.36. The van der Waals surface area contributed by atoms with Gasteiger partial charge in [-0.15, -0.1) is 11.3 Å². The summed E-state index contributed by atoms with van der Waals surface area (Å²) in [5.41, 5.74) is 1.35. The molecule has 5 heteroatoms. The van der Waals surface area contributed by atoms with E-state index in [1.54, 1.807) is 11.3 Å². The molecule has 2 rings (SSSR count). The average Bonchev–Trinajstić information content (AvgIpc) is 2.76. The van der Waals surface area contributed by atoms with Gasteiger partial charge < -0.3 is 9.73 Å². The highest BCUT2D eigenvalue weighted by molar-refractivity contribution is 9.13. The highest BCUT2D eigenvalue weighted by Gasteiger charge is 2.06. The van der Waals surface area contributed by atoms with Crippen LogP contribution >= 0.6 is 43.2 Å². The van der Waals surface area contributed by atoms with Gasteiger partial charge in [0.15, 0.2) is 4.67 Å². The van der Waals surface area contributed by atoms with Crippen LogP contribution in [-0.4, -0.2) is 0 Å². The van der Waals surface area contributed by atoms with Crippen molar-refractivity contribution in [3.8, 4) is 0 Å². The number of rotatable bonds is 4. The SMILES string of the molecule is Cc1ccsc1CNCc1cc(Br)c(Br)o1. The first-order valence-corrected chi connectivity index (χ1v) is 7.31. The molecule has 0 aliphatic carbocycles. The van der Waals surface area contributed by atoms with Crippen LogP contribution in [-0.2, 0) is 13.1 Å². The van der Waals surface area contributed by atoms with Gasteiger partial charge in [-0.2, -0.15) is 0 Å². The Morgan fingerprint density at radius 2 is 2.19 bits per heavy atom. The molecule has 0 spiro atoms. The van der Waals surface area contributed by atoms with Gasteiger partial charge in [0.05, 0.1) is 11.0 Å². The van der Waals surface area contributed by atoms with E-state index in [4.69, 9.17) is 4.42 Å². The van der Waals surface area contributed by atoms with Gasteiger partial charge in [0, 0.05) is 11.4 Å². The van der Waals surface area contributed by atoms with Crippen molar-refractivity contribution in [2.24, 2.45) is 0 Å². The van der Waals surface area contributed by atoms with Gasteiger partial charge in [0.2, 0.25) is 0 Å². The minimum absolute atomic E-state index is 0.738. The van der Waals surface area contributed by atoms with Crippen LogP contribution < -0.4 is 5.32 Å². The molecule has 0 amide bonds. The maximum absolute atomic E-state index is 5.47. The molecule has 16 heavy (non-hydrogen) atoms. The molecule has 0 unspecified atom stereocenters. The van der Waals surface area contributed by atoms with Gasteiger partial charge in [-0.25, -0.2) is 0 Å². The van der Waals surface area contributed by atoms with E-state index in [1.165, 1.54) is 10.4 Å². The molecule has 0 aromatic carbocycles. The van der Waals surface area contributed by atoms with E-state index in [1.807, 2.05) is 6.07 Å². The summed E-state index contributed by atoms with van der Waals surface area (Å²) in [5.74, 6) is 0.924. The van der Waals surface area contributed by atoms with Crippen LogP contribution in [0.4, 0.5) is 0 Å². The van der Waals surface area contributed by atoms with Gasteiger partial charge in [-0.3, -0.25) is 0 Å². The summed E-state index contributed by atoms with van der Waals surface area (Å²) in [5, 5.41) is 5.48. The minimum atomic E-state index is 0.738. The van der Waals surface area contributed by atoms with Gasteiger partial charge >= 0.3 is 0 Å². The zero-order chi connectivity index (χ0) is 11.5. The van der Waals surface area contributed by atoms with Gasteiger partial charge in [-0.1, -0.05) is 0 Å². The predicted octanol–water partition coefficient (Wildman–Crippen LogP) is 4.46. The van der Waals surface area contributed by atoms with Crippen LogP contribution in [0.15, 0.2) is 31.1 Å². The molecular formula is C11H11Br2NOS. The smallest absolute Gasteiger partial charge is 0.183 e. The molecule has 2 aromatic heterocycles. The number of furan rings is 1. The molecular weight excluding hydrogens is 354 g/mol. The highest BCUT2D eigenvalue weighted by atomic mass is 79.9. The van der Waals surface area contributed by atoms with E-state index in [-0.39, 0.29) is 0 Å². The lowest BCUT2D eigenvalue weighted by Crippen LogP contribution is -2.11. The molecule has 2 aromatic rings. The quantitative estimate of drug-likeness (QED) is 0.866. The minimum Gasteiger partial charge on any atom is -0.452 e. The predicted molar refractivity (Wildman–Crippen MR) is 73.7 cm³/mol. The zero-order valence-corrected chi connectivity index (χ0v) is 12.7. The molecule has 0 radical (unpaired) electrons. The van der Waals surface area contributed by atoms with E-state index in [0.29, 0.717) is 0 Å². The highest BCUT2D eigenvalue weighted by Crippen LogP contribution is 2.26. The second kappa shape index (κ2) is 5.49. The lowest BCUT2D eigenvalue weighted by molar-refractivity contribution is 0.465. The van der Waals surface area contributed by atoms with E-state index in [2.05, 4.69) is 55.5 Å². The molecule has 0 aliphatic rings. The lowest BCUT2D eigenvalue weighted by Gasteiger charge is -2.01. The number of aryl methyl sites for hydroxylation is 1. The first kappa shape index (κ1) is 12.4. The Kier molecular flexibility index (Phi) is 4.24. The average molecular weight is 365 g/mol. The Balaban J connectivity index is 1.87. The Labute approximate surface area is 115 Å². The van der Waals surface area contributed by atoms with Crippen molar-refractivity contribution in [1.82, 2.24) is 5.32 Å². The van der Waals surface area contributed by atoms with Crippen molar-refractivity contribution in [3.05, 3.63) is 42.9 Å². The molecule has 0 aliphatic heterocycles. The topological polar surface area (TPSA) is 25.2 Å². The van der Waals surface area contributed by atoms with Crippen molar-refractivity contribution >= 4 is 43.2 Å². The monoisotopic (exact) mass is 363 g/mol. The Hall–Kier alpha value is -0.100. The number of thiophene rings is 1. The van der Waals surface area contributed by atoms with E-state index in [0.717, 1.165) is 28.0 Å². The largest absolute Gasteiger partial charge is 0.452 e. The van der Waals surface area contributed by atoms with Crippen LogP contribution in [0.3, 0.4) is 0 Å². The second-order valence-electron chi connectivity index (χ2n) is 3.46. The summed E-state index contributed by atoms with van der Waals surface area (Å²) in [6, 6.07) is 4.11. The molecule has 0 fully saturated rings. The van der Waals surface area contributed by atoms with Crippen LogP contribution in [0.2, 0.25) is 0 Å². The first-order chi connectivity index (χ1) is 7.66. The van der Waals surface area contributed by atoms with Crippen molar-refractivity contribution in [1.29, 1.82) is 0 Å². The number of nitrogens with one attached hydrogen (secondary N) is 1. The molecule has 0 saturated carbocycles. The maximum atomic E-state index is 5.47. The van der Waals surface area contributed by atoms with Gasteiger partial charge in [0.25, 0.3) is 0 Å². The standard InChI is InChI=1S/C11H11Br2NOS/c1-7-2-3-16-10(7)6-14-5-8-4-9(12)11(13)15-8/h2-4,14H,5-6H2,1H3.